The summed E-state index contributed by atoms with van der Waals surface area (Å²) in [4.78, 5) is 33.8. The lowest BCUT2D eigenvalue weighted by Gasteiger charge is -2.32. The van der Waals surface area contributed by atoms with Crippen molar-refractivity contribution in [3.8, 4) is 0 Å². The number of aliphatic carboxylic acids is 2. The largest absolute Gasteiger partial charge is 0.549 e. The predicted octanol–water partition coefficient (Wildman–Crippen LogP) is 0.198. The van der Waals surface area contributed by atoms with Crippen LogP contribution >= 0.6 is 0 Å². The standard InChI is InChI=1S/C16H26O6/c1-5-7-8-12(6-2)10-22-13(17)9-16(4,15(20)21)11(3)14(18)19/h12H,3,5-10H2,1-2,4H3,(H,18,19)(H,20,21)/p-2. The van der Waals surface area contributed by atoms with Gasteiger partial charge in [0.1, 0.15) is 0 Å². The van der Waals surface area contributed by atoms with Crippen molar-refractivity contribution in [2.45, 2.75) is 52.9 Å². The van der Waals surface area contributed by atoms with Crippen molar-refractivity contribution in [2.24, 2.45) is 11.3 Å². The monoisotopic (exact) mass is 312 g/mol. The molecule has 0 fully saturated rings. The summed E-state index contributed by atoms with van der Waals surface area (Å²) in [5.74, 6) is -4.00. The lowest BCUT2D eigenvalue weighted by Crippen LogP contribution is -2.47. The molecule has 2 atom stereocenters. The summed E-state index contributed by atoms with van der Waals surface area (Å²) < 4.78 is 5.08. The average molecular weight is 312 g/mol. The Morgan fingerprint density at radius 3 is 2.23 bits per heavy atom. The second-order valence-electron chi connectivity index (χ2n) is 5.66. The highest BCUT2D eigenvalue weighted by atomic mass is 16.5. The normalized spacial score (nSPS) is 14.7. The molecule has 0 amide bonds. The van der Waals surface area contributed by atoms with Gasteiger partial charge in [0.25, 0.3) is 0 Å². The Morgan fingerprint density at radius 1 is 1.23 bits per heavy atom. The van der Waals surface area contributed by atoms with E-state index in [0.29, 0.717) is 0 Å². The van der Waals surface area contributed by atoms with Gasteiger partial charge in [0.05, 0.1) is 25.0 Å². The van der Waals surface area contributed by atoms with E-state index in [-0.39, 0.29) is 12.5 Å². The first-order valence-electron chi connectivity index (χ1n) is 7.46. The molecule has 0 saturated carbocycles. The van der Waals surface area contributed by atoms with Gasteiger partial charge in [-0.2, -0.15) is 0 Å². The van der Waals surface area contributed by atoms with Gasteiger partial charge in [0.2, 0.25) is 0 Å². The van der Waals surface area contributed by atoms with Crippen molar-refractivity contribution in [1.82, 2.24) is 0 Å². The molecule has 22 heavy (non-hydrogen) atoms. The topological polar surface area (TPSA) is 107 Å². The maximum atomic E-state index is 11.8. The number of carboxylic acids is 2. The van der Waals surface area contributed by atoms with Gasteiger partial charge in [0, 0.05) is 5.41 Å². The maximum Gasteiger partial charge on any atom is 0.307 e. The van der Waals surface area contributed by atoms with Crippen molar-refractivity contribution < 1.29 is 29.3 Å². The van der Waals surface area contributed by atoms with Gasteiger partial charge in [-0.05, 0) is 24.8 Å². The molecule has 0 bridgehead atoms. The van der Waals surface area contributed by atoms with Crippen LogP contribution in [0.2, 0.25) is 0 Å². The highest BCUT2D eigenvalue weighted by Gasteiger charge is 2.34. The molecule has 0 spiro atoms. The second-order valence-corrected chi connectivity index (χ2v) is 5.66. The van der Waals surface area contributed by atoms with E-state index >= 15 is 0 Å². The van der Waals surface area contributed by atoms with Gasteiger partial charge in [-0.25, -0.2) is 0 Å². The minimum atomic E-state index is -2.04. The number of ether oxygens (including phenoxy) is 1. The number of hydrogen-bond donors (Lipinski definition) is 0. The van der Waals surface area contributed by atoms with E-state index in [1.165, 1.54) is 0 Å². The summed E-state index contributed by atoms with van der Waals surface area (Å²) in [6.45, 7) is 8.47. The third-order valence-electron chi connectivity index (χ3n) is 3.88. The molecule has 2 unspecified atom stereocenters. The zero-order valence-corrected chi connectivity index (χ0v) is 13.5. The Kier molecular flexibility index (Phi) is 8.45. The van der Waals surface area contributed by atoms with Crippen LogP contribution in [0, 0.1) is 11.3 Å². The number of rotatable bonds is 11. The van der Waals surface area contributed by atoms with E-state index in [1.807, 2.05) is 6.92 Å². The molecule has 0 aliphatic rings. The molecule has 0 heterocycles. The van der Waals surface area contributed by atoms with Crippen LogP contribution in [-0.2, 0) is 19.1 Å². The summed E-state index contributed by atoms with van der Waals surface area (Å²) in [6.07, 6.45) is 3.18. The van der Waals surface area contributed by atoms with Crippen molar-refractivity contribution in [3.05, 3.63) is 12.2 Å². The summed E-state index contributed by atoms with van der Waals surface area (Å²) in [6, 6.07) is 0. The van der Waals surface area contributed by atoms with Gasteiger partial charge in [-0.15, -0.1) is 0 Å². The molecule has 6 nitrogen and oxygen atoms in total. The van der Waals surface area contributed by atoms with Gasteiger partial charge in [0.15, 0.2) is 0 Å². The van der Waals surface area contributed by atoms with E-state index in [9.17, 15) is 24.6 Å². The Labute approximate surface area is 131 Å². The van der Waals surface area contributed by atoms with Gasteiger partial charge >= 0.3 is 5.97 Å². The number of carbonyl (C=O) groups is 3. The quantitative estimate of drug-likeness (QED) is 0.398. The van der Waals surface area contributed by atoms with Crippen LogP contribution in [0.15, 0.2) is 12.2 Å². The molecule has 0 aromatic carbocycles. The van der Waals surface area contributed by atoms with Crippen LogP contribution in [0.25, 0.3) is 0 Å². The van der Waals surface area contributed by atoms with Gasteiger partial charge in [-0.1, -0.05) is 39.7 Å². The Balaban J connectivity index is 4.69. The number of carboxylic acid groups (broad SMARTS) is 2. The van der Waals surface area contributed by atoms with Crippen LogP contribution in [0.3, 0.4) is 0 Å². The molecule has 0 rings (SSSR count). The first-order valence-corrected chi connectivity index (χ1v) is 7.46. The van der Waals surface area contributed by atoms with Crippen LogP contribution in [0.4, 0.5) is 0 Å². The van der Waals surface area contributed by atoms with Crippen LogP contribution in [-0.4, -0.2) is 24.5 Å². The molecule has 0 radical (unpaired) electrons. The zero-order valence-electron chi connectivity index (χ0n) is 13.5. The fourth-order valence-corrected chi connectivity index (χ4v) is 1.98. The van der Waals surface area contributed by atoms with Crippen molar-refractivity contribution in [3.63, 3.8) is 0 Å². The molecule has 0 saturated heterocycles. The smallest absolute Gasteiger partial charge is 0.307 e. The van der Waals surface area contributed by atoms with Crippen molar-refractivity contribution in [1.29, 1.82) is 0 Å². The molecular formula is C16H24O6-2. The average Bonchev–Trinajstić information content (AvgIpc) is 2.46. The highest BCUT2D eigenvalue weighted by Crippen LogP contribution is 2.29. The van der Waals surface area contributed by atoms with Crippen LogP contribution in [0.5, 0.6) is 0 Å². The minimum absolute atomic E-state index is 0.191. The Bertz CT molecular complexity index is 428. The highest BCUT2D eigenvalue weighted by molar-refractivity contribution is 5.96. The third kappa shape index (κ3) is 5.87. The van der Waals surface area contributed by atoms with Crippen molar-refractivity contribution >= 4 is 17.9 Å². The molecular weight excluding hydrogens is 288 g/mol. The first-order chi connectivity index (χ1) is 10.2. The molecule has 6 heteroatoms. The molecule has 0 aromatic heterocycles. The SMILES string of the molecule is C=C(C(=O)[O-])C(C)(CC(=O)OCC(CC)CCCC)C(=O)[O-]. The Morgan fingerprint density at radius 2 is 1.82 bits per heavy atom. The number of carbonyl (C=O) groups excluding carboxylic acids is 3. The number of esters is 1. The lowest BCUT2D eigenvalue weighted by atomic mass is 9.80. The summed E-state index contributed by atoms with van der Waals surface area (Å²) in [5.41, 5.74) is -2.75. The first kappa shape index (κ1) is 20.1. The van der Waals surface area contributed by atoms with E-state index < -0.39 is 35.3 Å². The zero-order chi connectivity index (χ0) is 17.3. The maximum absolute atomic E-state index is 11.8. The predicted molar refractivity (Wildman–Crippen MR) is 76.1 cm³/mol. The third-order valence-corrected chi connectivity index (χ3v) is 3.88. The van der Waals surface area contributed by atoms with Gasteiger partial charge in [-0.3, -0.25) is 4.79 Å². The molecule has 0 N–H and O–H groups in total. The molecule has 126 valence electrons. The number of unbranched alkanes of at least 4 members (excludes halogenated alkanes) is 1. The molecule has 0 aliphatic carbocycles. The van der Waals surface area contributed by atoms with Crippen molar-refractivity contribution in [2.75, 3.05) is 6.61 Å². The second kappa shape index (κ2) is 9.23. The summed E-state index contributed by atoms with van der Waals surface area (Å²) in [7, 11) is 0. The summed E-state index contributed by atoms with van der Waals surface area (Å²) in [5, 5.41) is 22.0. The van der Waals surface area contributed by atoms with E-state index in [0.717, 1.165) is 32.6 Å². The van der Waals surface area contributed by atoms with E-state index in [4.69, 9.17) is 4.74 Å². The minimum Gasteiger partial charge on any atom is -0.549 e. The Hall–Kier alpha value is -1.85. The molecule has 0 aliphatic heterocycles. The van der Waals surface area contributed by atoms with E-state index in [2.05, 4.69) is 13.5 Å². The fourth-order valence-electron chi connectivity index (χ4n) is 1.98. The fraction of sp³-hybridized carbons (Fsp3) is 0.688. The lowest BCUT2D eigenvalue weighted by molar-refractivity contribution is -0.321. The van der Waals surface area contributed by atoms with Crippen LogP contribution in [0.1, 0.15) is 52.9 Å². The summed E-state index contributed by atoms with van der Waals surface area (Å²) >= 11 is 0. The number of hydrogen-bond acceptors (Lipinski definition) is 6. The van der Waals surface area contributed by atoms with Crippen LogP contribution < -0.4 is 10.2 Å². The van der Waals surface area contributed by atoms with E-state index in [1.54, 1.807) is 0 Å². The molecule has 0 aromatic rings. The van der Waals surface area contributed by atoms with Gasteiger partial charge < -0.3 is 24.5 Å².